The molecule has 0 unspecified atom stereocenters. The molecule has 8 rings (SSSR count). The Morgan fingerprint density at radius 2 is 0.885 bits per heavy atom. The number of phenolic OH excluding ortho intramolecular Hbond substituents is 1. The van der Waals surface area contributed by atoms with Crippen LogP contribution in [0.3, 0.4) is 0 Å². The van der Waals surface area contributed by atoms with Crippen molar-refractivity contribution in [3.05, 3.63) is 148 Å². The highest BCUT2D eigenvalue weighted by Crippen LogP contribution is 2.46. The molecule has 2 saturated heterocycles. The Morgan fingerprint density at radius 1 is 0.471 bits per heavy atom. The maximum atomic E-state index is 15.4. The fraction of sp³-hybridized carbons (Fsp3) is 0.365. The molecular weight excluding hydrogens is 1140 g/mol. The number of aromatic hydroxyl groups is 1. The molecule has 460 valence electrons. The summed E-state index contributed by atoms with van der Waals surface area (Å²) in [6.07, 6.45) is -18.4. The molecule has 0 amide bonds. The molecule has 0 aliphatic carbocycles. The van der Waals surface area contributed by atoms with Crippen molar-refractivity contribution < 1.29 is 109 Å². The molecule has 24 heteroatoms. The van der Waals surface area contributed by atoms with Gasteiger partial charge in [-0.2, -0.15) is 0 Å². The summed E-state index contributed by atoms with van der Waals surface area (Å²) in [6.45, 7) is 7.40. The van der Waals surface area contributed by atoms with Gasteiger partial charge in [0.15, 0.2) is 48.0 Å². The van der Waals surface area contributed by atoms with Crippen LogP contribution in [-0.4, -0.2) is 122 Å². The number of fused-ring (bicyclic) bond motifs is 1. The van der Waals surface area contributed by atoms with Crippen molar-refractivity contribution in [3.63, 3.8) is 0 Å². The van der Waals surface area contributed by atoms with Gasteiger partial charge >= 0.3 is 41.8 Å². The van der Waals surface area contributed by atoms with E-state index < -0.39 is 133 Å². The first-order valence-electron chi connectivity index (χ1n) is 27.4. The van der Waals surface area contributed by atoms with E-state index in [0.29, 0.717) is 5.56 Å². The summed E-state index contributed by atoms with van der Waals surface area (Å²) in [4.78, 5) is 105. The van der Waals surface area contributed by atoms with E-state index in [1.54, 1.807) is 6.92 Å². The Labute approximate surface area is 498 Å². The first kappa shape index (κ1) is 63.5. The summed E-state index contributed by atoms with van der Waals surface area (Å²) in [7, 11) is 0. The Morgan fingerprint density at radius 3 is 1.36 bits per heavy atom. The van der Waals surface area contributed by atoms with Crippen molar-refractivity contribution in [1.82, 2.24) is 0 Å². The van der Waals surface area contributed by atoms with E-state index in [1.165, 1.54) is 24.3 Å². The summed E-state index contributed by atoms with van der Waals surface area (Å²) < 4.78 is 91.5. The van der Waals surface area contributed by atoms with E-state index in [1.807, 2.05) is 91.0 Å². The minimum absolute atomic E-state index is 0.00420. The number of hydrogen-bond donors (Lipinski definition) is 1. The fourth-order valence-electron chi connectivity index (χ4n) is 9.66. The van der Waals surface area contributed by atoms with E-state index in [0.717, 1.165) is 65.2 Å². The normalized spacial score (nSPS) is 21.5. The van der Waals surface area contributed by atoms with Crippen molar-refractivity contribution >= 4 is 52.8 Å². The van der Waals surface area contributed by atoms with Crippen molar-refractivity contribution in [3.8, 4) is 40.1 Å². The van der Waals surface area contributed by atoms with Crippen LogP contribution in [0.2, 0.25) is 0 Å². The number of rotatable bonds is 23. The van der Waals surface area contributed by atoms with Crippen LogP contribution in [0, 0.1) is 6.92 Å². The second-order valence-electron chi connectivity index (χ2n) is 20.2. The van der Waals surface area contributed by atoms with Crippen LogP contribution in [0.5, 0.6) is 28.7 Å². The van der Waals surface area contributed by atoms with Crippen molar-refractivity contribution in [1.29, 1.82) is 0 Å². The monoisotopic (exact) mass is 1200 g/mol. The minimum atomic E-state index is -2.09. The summed E-state index contributed by atoms with van der Waals surface area (Å²) >= 11 is 0. The van der Waals surface area contributed by atoms with Gasteiger partial charge in [0.25, 0.3) is 0 Å². The van der Waals surface area contributed by atoms with E-state index in [2.05, 4.69) is 0 Å². The third-order valence-electron chi connectivity index (χ3n) is 13.2. The molecule has 10 atom stereocenters. The average molecular weight is 1210 g/mol. The lowest BCUT2D eigenvalue weighted by Gasteiger charge is -2.48. The highest BCUT2D eigenvalue weighted by atomic mass is 16.8. The quantitative estimate of drug-likeness (QED) is 0.0489. The second kappa shape index (κ2) is 29.0. The first-order valence-corrected chi connectivity index (χ1v) is 27.4. The summed E-state index contributed by atoms with van der Waals surface area (Å²) in [5, 5.41) is 11.1. The molecule has 6 aromatic rings. The van der Waals surface area contributed by atoms with Crippen LogP contribution in [0.25, 0.3) is 22.3 Å². The Balaban J connectivity index is 1.30. The third-order valence-corrected chi connectivity index (χ3v) is 13.2. The van der Waals surface area contributed by atoms with Crippen LogP contribution in [0.15, 0.2) is 124 Å². The molecular formula is C63H64O24. The summed E-state index contributed by atoms with van der Waals surface area (Å²) in [5.74, 6) is -7.87. The molecule has 5 aromatic carbocycles. The Kier molecular flexibility index (Phi) is 21.2. The minimum Gasteiger partial charge on any atom is -0.507 e. The average Bonchev–Trinajstić information content (AvgIpc) is 0.879. The molecule has 1 aromatic heterocycles. The van der Waals surface area contributed by atoms with Crippen molar-refractivity contribution in [2.45, 2.75) is 137 Å². The van der Waals surface area contributed by atoms with Crippen molar-refractivity contribution in [2.75, 3.05) is 13.2 Å². The zero-order valence-corrected chi connectivity index (χ0v) is 48.6. The zero-order valence-electron chi connectivity index (χ0n) is 48.6. The number of esters is 7. The highest BCUT2D eigenvalue weighted by molar-refractivity contribution is 5.88. The maximum absolute atomic E-state index is 15.4. The number of carbonyl (C=O) groups excluding carboxylic acids is 7. The highest BCUT2D eigenvalue weighted by Gasteiger charge is 2.58. The van der Waals surface area contributed by atoms with Crippen molar-refractivity contribution in [2.24, 2.45) is 0 Å². The molecule has 0 saturated carbocycles. The van der Waals surface area contributed by atoms with Gasteiger partial charge in [-0.15, -0.1) is 0 Å². The van der Waals surface area contributed by atoms with Gasteiger partial charge in [0.2, 0.25) is 29.3 Å². The van der Waals surface area contributed by atoms with Crippen LogP contribution in [-0.2, 0) is 101 Å². The van der Waals surface area contributed by atoms with Gasteiger partial charge < -0.3 is 75.8 Å². The van der Waals surface area contributed by atoms with Crippen LogP contribution < -0.4 is 24.4 Å². The summed E-state index contributed by atoms with van der Waals surface area (Å²) in [5.41, 5.74) is 1.75. The fourth-order valence-corrected chi connectivity index (χ4v) is 9.66. The third kappa shape index (κ3) is 16.7. The van der Waals surface area contributed by atoms with Gasteiger partial charge in [0, 0.05) is 54.0 Å². The molecule has 2 aliphatic rings. The van der Waals surface area contributed by atoms with Gasteiger partial charge in [0.05, 0.1) is 0 Å². The second-order valence-corrected chi connectivity index (χ2v) is 20.2. The van der Waals surface area contributed by atoms with E-state index in [4.69, 9.17) is 70.7 Å². The van der Waals surface area contributed by atoms with E-state index in [9.17, 15) is 38.7 Å². The molecule has 1 N–H and O–H groups in total. The molecule has 24 nitrogen and oxygen atoms in total. The molecule has 0 radical (unpaired) electrons. The molecule has 3 heterocycles. The largest absolute Gasteiger partial charge is 0.507 e. The molecule has 0 bridgehead atoms. The number of benzene rings is 5. The topological polar surface area (TPSA) is 299 Å². The van der Waals surface area contributed by atoms with Gasteiger partial charge in [0.1, 0.15) is 68.1 Å². The SMILES string of the molecule is CC(=O)OC[C@@H]1O[C@H](O[C@H]2[C@H](OC(C)=O)[C@@H](OC(C)=O)[C@H](Oc3c(-c4cc(OCc5ccccc5)c(OCc5ccccc5)c(OCc5ccccc5)c4)oc4cc(C)cc(O)c4c3=O)O[C@@H]2COC(C)=O)[C@@H](OC(C)=O)[C@H](OC(C)=O)[C@@H]1OC(C)=O. The predicted molar refractivity (Wildman–Crippen MR) is 301 cm³/mol. The lowest BCUT2D eigenvalue weighted by atomic mass is 9.96. The van der Waals surface area contributed by atoms with Gasteiger partial charge in [-0.05, 0) is 53.4 Å². The predicted octanol–water partition coefficient (Wildman–Crippen LogP) is 7.21. The number of ether oxygens (including phenoxy) is 14. The van der Waals surface area contributed by atoms with Gasteiger partial charge in [-0.25, -0.2) is 0 Å². The Bertz CT molecular complexity index is 3430. The number of phenols is 1. The number of aryl methyl sites for hydroxylation is 1. The standard InChI is InChI=1S/C63H64O24/c1-33-24-45(71)51-46(25-33)83-53(44-26-47(75-28-41-18-12-9-13-19-41)54(77-30-43-22-16-11-17-23-43)48(27-44)76-29-42-20-14-10-15-21-42)57(52(51)72)87-63-61(82-40(8)70)59(80-38(6)68)56(50(85-63)32-74-35(3)65)86-62-60(81-39(7)69)58(79-37(5)67)55(78-36(4)66)49(84-62)31-73-34(2)64/h9-27,49-50,55-56,58-63,71H,28-32H2,1-8H3/t49-,50+,55+,56+,58+,59-,60-,61+,62+,63-/m0/s1. The number of hydrogen-bond acceptors (Lipinski definition) is 24. The first-order chi connectivity index (χ1) is 41.6. The lowest BCUT2D eigenvalue weighted by Crippen LogP contribution is -2.67. The summed E-state index contributed by atoms with van der Waals surface area (Å²) in [6, 6.07) is 33.6. The lowest BCUT2D eigenvalue weighted by molar-refractivity contribution is -0.354. The van der Waals surface area contributed by atoms with Gasteiger partial charge in [-0.3, -0.25) is 38.4 Å². The smallest absolute Gasteiger partial charge is 0.303 e. The van der Waals surface area contributed by atoms with Gasteiger partial charge in [-0.1, -0.05) is 91.0 Å². The Hall–Kier alpha value is -9.52. The van der Waals surface area contributed by atoms with E-state index >= 15 is 4.79 Å². The molecule has 0 spiro atoms. The zero-order chi connectivity index (χ0) is 62.5. The maximum Gasteiger partial charge on any atom is 0.303 e. The molecule has 2 fully saturated rings. The van der Waals surface area contributed by atoms with Crippen LogP contribution >= 0.6 is 0 Å². The molecule has 2 aliphatic heterocycles. The molecule has 87 heavy (non-hydrogen) atoms. The van der Waals surface area contributed by atoms with Crippen LogP contribution in [0.1, 0.15) is 70.7 Å². The van der Waals surface area contributed by atoms with Crippen LogP contribution in [0.4, 0.5) is 0 Å². The van der Waals surface area contributed by atoms with E-state index in [-0.39, 0.29) is 59.4 Å². The number of carbonyl (C=O) groups is 7.